The van der Waals surface area contributed by atoms with E-state index in [4.69, 9.17) is 11.6 Å². The molecular weight excluding hydrogens is 229 g/mol. The minimum absolute atomic E-state index is 0.0540. The second-order valence-electron chi connectivity index (χ2n) is 3.39. The average Bonchev–Trinajstić information content (AvgIpc) is 2.22. The lowest BCUT2D eigenvalue weighted by Gasteiger charge is -2.10. The first-order valence-corrected chi connectivity index (χ1v) is 5.62. The summed E-state index contributed by atoms with van der Waals surface area (Å²) in [6.07, 6.45) is 0.241. The number of nitrogen functional groups attached to an aromatic ring is 1. The lowest BCUT2D eigenvalue weighted by atomic mass is 10.3. The molecule has 6 heteroatoms. The van der Waals surface area contributed by atoms with Crippen LogP contribution in [0.15, 0.2) is 23.1 Å². The van der Waals surface area contributed by atoms with Crippen LogP contribution >= 0.6 is 11.8 Å². The Morgan fingerprint density at radius 2 is 2.31 bits per heavy atom. The zero-order valence-electron chi connectivity index (χ0n) is 8.87. The maximum Gasteiger partial charge on any atom is 0.234 e. The van der Waals surface area contributed by atoms with Crippen LogP contribution in [0.1, 0.15) is 13.3 Å². The van der Waals surface area contributed by atoms with E-state index in [2.05, 4.69) is 0 Å². The fraction of sp³-hybridized carbons (Fsp3) is 0.300. The van der Waals surface area contributed by atoms with Crippen LogP contribution in [0.5, 0.6) is 0 Å². The molecule has 0 spiro atoms. The van der Waals surface area contributed by atoms with Gasteiger partial charge in [0.25, 0.3) is 0 Å². The summed E-state index contributed by atoms with van der Waals surface area (Å²) >= 11 is 1.28. The van der Waals surface area contributed by atoms with Crippen molar-refractivity contribution in [3.8, 4) is 0 Å². The van der Waals surface area contributed by atoms with Gasteiger partial charge in [0.05, 0.1) is 0 Å². The van der Waals surface area contributed by atoms with E-state index in [0.29, 0.717) is 10.6 Å². The molecule has 4 nitrogen and oxygen atoms in total. The van der Waals surface area contributed by atoms with Crippen molar-refractivity contribution in [2.24, 2.45) is 5.84 Å². The van der Waals surface area contributed by atoms with E-state index in [9.17, 15) is 9.18 Å². The fourth-order valence-electron chi connectivity index (χ4n) is 1.19. The third-order valence-electron chi connectivity index (χ3n) is 1.92. The van der Waals surface area contributed by atoms with Crippen molar-refractivity contribution in [3.63, 3.8) is 0 Å². The molecule has 0 saturated heterocycles. The molecule has 1 aromatic rings. The first kappa shape index (κ1) is 12.8. The van der Waals surface area contributed by atoms with Gasteiger partial charge in [-0.15, -0.1) is 11.8 Å². The third kappa shape index (κ3) is 3.71. The summed E-state index contributed by atoms with van der Waals surface area (Å²) < 4.78 is 13.4. The molecule has 0 aliphatic heterocycles. The van der Waals surface area contributed by atoms with Crippen LogP contribution in [0.25, 0.3) is 0 Å². The lowest BCUT2D eigenvalue weighted by molar-refractivity contribution is -0.121. The summed E-state index contributed by atoms with van der Waals surface area (Å²) in [5, 5.41) is -0.0540. The molecular formula is C10H14FN3OS. The maximum absolute atomic E-state index is 13.4. The SMILES string of the molecule is CC(CC(=O)NN)Sc1ccc(N)cc1F. The molecule has 1 rings (SSSR count). The summed E-state index contributed by atoms with van der Waals surface area (Å²) in [5.41, 5.74) is 7.85. The van der Waals surface area contributed by atoms with E-state index in [1.54, 1.807) is 12.1 Å². The number of hydrogen-bond donors (Lipinski definition) is 3. The van der Waals surface area contributed by atoms with Crippen molar-refractivity contribution in [2.45, 2.75) is 23.5 Å². The highest BCUT2D eigenvalue weighted by Crippen LogP contribution is 2.28. The van der Waals surface area contributed by atoms with Crippen LogP contribution in [-0.4, -0.2) is 11.2 Å². The van der Waals surface area contributed by atoms with Gasteiger partial charge in [0.1, 0.15) is 5.82 Å². The van der Waals surface area contributed by atoms with Crippen molar-refractivity contribution < 1.29 is 9.18 Å². The molecule has 0 radical (unpaired) electrons. The number of hydrogen-bond acceptors (Lipinski definition) is 4. The molecule has 1 amide bonds. The molecule has 0 aromatic heterocycles. The standard InChI is InChI=1S/C10H14FN3OS/c1-6(4-10(15)14-13)16-9-3-2-7(12)5-8(9)11/h2-3,5-6H,4,12-13H2,1H3,(H,14,15). The van der Waals surface area contributed by atoms with Crippen LogP contribution in [0, 0.1) is 5.82 Å². The van der Waals surface area contributed by atoms with Gasteiger partial charge < -0.3 is 5.73 Å². The maximum atomic E-state index is 13.4. The summed E-state index contributed by atoms with van der Waals surface area (Å²) in [4.78, 5) is 11.5. The van der Waals surface area contributed by atoms with Crippen molar-refractivity contribution in [1.82, 2.24) is 5.43 Å². The molecule has 1 unspecified atom stereocenters. The predicted octanol–water partition coefficient (Wildman–Crippen LogP) is 1.27. The van der Waals surface area contributed by atoms with Crippen molar-refractivity contribution in [1.29, 1.82) is 0 Å². The Labute approximate surface area is 97.5 Å². The summed E-state index contributed by atoms with van der Waals surface area (Å²) in [6.45, 7) is 1.83. The fourth-order valence-corrected chi connectivity index (χ4v) is 2.18. The van der Waals surface area contributed by atoms with Crippen LogP contribution < -0.4 is 17.0 Å². The van der Waals surface area contributed by atoms with Crippen molar-refractivity contribution >= 4 is 23.4 Å². The summed E-state index contributed by atoms with van der Waals surface area (Å²) in [5.74, 6) is 4.33. The van der Waals surface area contributed by atoms with Gasteiger partial charge in [-0.2, -0.15) is 0 Å². The Bertz CT molecular complexity index is 386. The van der Waals surface area contributed by atoms with Crippen molar-refractivity contribution in [2.75, 3.05) is 5.73 Å². The van der Waals surface area contributed by atoms with Crippen molar-refractivity contribution in [3.05, 3.63) is 24.0 Å². The van der Waals surface area contributed by atoms with Gasteiger partial charge in [0.15, 0.2) is 0 Å². The number of thioether (sulfide) groups is 1. The number of rotatable bonds is 4. The van der Waals surface area contributed by atoms with Crippen LogP contribution in [0.4, 0.5) is 10.1 Å². The van der Waals surface area contributed by atoms with Gasteiger partial charge in [-0.05, 0) is 18.2 Å². The number of hydrazine groups is 1. The second kappa shape index (κ2) is 5.72. The predicted molar refractivity (Wildman–Crippen MR) is 63.1 cm³/mol. The molecule has 0 bridgehead atoms. The van der Waals surface area contributed by atoms with Gasteiger partial charge in [-0.25, -0.2) is 10.2 Å². The Balaban J connectivity index is 2.62. The molecule has 88 valence electrons. The molecule has 16 heavy (non-hydrogen) atoms. The highest BCUT2D eigenvalue weighted by Gasteiger charge is 2.12. The van der Waals surface area contributed by atoms with Crippen LogP contribution in [0.3, 0.4) is 0 Å². The molecule has 5 N–H and O–H groups in total. The second-order valence-corrected chi connectivity index (χ2v) is 4.87. The number of nitrogens with two attached hydrogens (primary N) is 2. The van der Waals surface area contributed by atoms with Gasteiger partial charge in [0, 0.05) is 22.3 Å². The number of halogens is 1. The largest absolute Gasteiger partial charge is 0.399 e. The van der Waals surface area contributed by atoms with Crippen LogP contribution in [0.2, 0.25) is 0 Å². The van der Waals surface area contributed by atoms with E-state index >= 15 is 0 Å². The Morgan fingerprint density at radius 3 is 2.88 bits per heavy atom. The number of benzene rings is 1. The van der Waals surface area contributed by atoms with Crippen LogP contribution in [-0.2, 0) is 4.79 Å². The van der Waals surface area contributed by atoms with E-state index < -0.39 is 0 Å². The third-order valence-corrected chi connectivity index (χ3v) is 3.07. The number of carbonyl (C=O) groups excluding carboxylic acids is 1. The molecule has 0 aliphatic carbocycles. The quantitative estimate of drug-likeness (QED) is 0.244. The van der Waals surface area contributed by atoms with Gasteiger partial charge in [-0.3, -0.25) is 10.2 Å². The Kier molecular flexibility index (Phi) is 4.57. The number of amides is 1. The first-order chi connectivity index (χ1) is 7.52. The Morgan fingerprint density at radius 1 is 1.62 bits per heavy atom. The zero-order chi connectivity index (χ0) is 12.1. The monoisotopic (exact) mass is 243 g/mol. The van der Waals surface area contributed by atoms with E-state index in [1.165, 1.54) is 17.8 Å². The minimum atomic E-state index is -0.370. The normalized spacial score (nSPS) is 12.2. The van der Waals surface area contributed by atoms with E-state index in [0.717, 1.165) is 0 Å². The zero-order valence-corrected chi connectivity index (χ0v) is 9.68. The molecule has 0 saturated carbocycles. The average molecular weight is 243 g/mol. The Hall–Kier alpha value is -1.27. The lowest BCUT2D eigenvalue weighted by Crippen LogP contribution is -2.31. The molecule has 0 heterocycles. The van der Waals surface area contributed by atoms with Gasteiger partial charge >= 0.3 is 0 Å². The number of anilines is 1. The molecule has 1 atom stereocenters. The summed E-state index contributed by atoms with van der Waals surface area (Å²) in [7, 11) is 0. The van der Waals surface area contributed by atoms with Gasteiger partial charge in [-0.1, -0.05) is 6.92 Å². The highest BCUT2D eigenvalue weighted by atomic mass is 32.2. The number of carbonyl (C=O) groups is 1. The first-order valence-electron chi connectivity index (χ1n) is 4.74. The molecule has 1 aromatic carbocycles. The molecule has 0 aliphatic rings. The minimum Gasteiger partial charge on any atom is -0.399 e. The molecule has 0 fully saturated rings. The van der Waals surface area contributed by atoms with Gasteiger partial charge in [0.2, 0.25) is 5.91 Å². The topological polar surface area (TPSA) is 81.1 Å². The van der Waals surface area contributed by atoms with E-state index in [1.807, 2.05) is 12.3 Å². The highest BCUT2D eigenvalue weighted by molar-refractivity contribution is 8.00. The smallest absolute Gasteiger partial charge is 0.234 e. The van der Waals surface area contributed by atoms with E-state index in [-0.39, 0.29) is 23.4 Å². The summed E-state index contributed by atoms with van der Waals surface area (Å²) in [6, 6.07) is 4.49. The number of nitrogens with one attached hydrogen (secondary N) is 1.